The first-order chi connectivity index (χ1) is 12.2. The van der Waals surface area contributed by atoms with Crippen LogP contribution in [-0.2, 0) is 4.74 Å². The van der Waals surface area contributed by atoms with E-state index in [1.807, 2.05) is 0 Å². The topological polar surface area (TPSA) is 91.8 Å². The van der Waals surface area contributed by atoms with Crippen molar-refractivity contribution in [2.75, 3.05) is 0 Å². The summed E-state index contributed by atoms with van der Waals surface area (Å²) in [5.74, 6) is -1.69. The van der Waals surface area contributed by atoms with Crippen molar-refractivity contribution < 1.29 is 36.7 Å². The minimum absolute atomic E-state index is 0.0168. The maximum absolute atomic E-state index is 12.4. The SMILES string of the molecule is NC(=O)OC(=O)c1c(-c2ccccc2)oc2ccc(OC(F)(F)F)cc12. The molecule has 0 saturated heterocycles. The van der Waals surface area contributed by atoms with E-state index in [9.17, 15) is 22.8 Å². The number of carbonyl (C=O) groups excluding carboxylic acids is 2. The van der Waals surface area contributed by atoms with Gasteiger partial charge in [-0.05, 0) is 18.2 Å². The van der Waals surface area contributed by atoms with Gasteiger partial charge in [0.2, 0.25) is 0 Å². The Bertz CT molecular complexity index is 979. The number of amides is 1. The number of furan rings is 1. The maximum atomic E-state index is 12.4. The Morgan fingerprint density at radius 3 is 2.35 bits per heavy atom. The summed E-state index contributed by atoms with van der Waals surface area (Å²) in [4.78, 5) is 23.2. The number of esters is 1. The summed E-state index contributed by atoms with van der Waals surface area (Å²) in [6, 6.07) is 11.5. The highest BCUT2D eigenvalue weighted by molar-refractivity contribution is 6.11. The van der Waals surface area contributed by atoms with Crippen molar-refractivity contribution in [3.05, 3.63) is 54.1 Å². The third kappa shape index (κ3) is 3.61. The van der Waals surface area contributed by atoms with Crippen molar-refractivity contribution in [1.82, 2.24) is 0 Å². The molecule has 1 heterocycles. The number of rotatable bonds is 3. The lowest BCUT2D eigenvalue weighted by Gasteiger charge is -2.08. The van der Waals surface area contributed by atoms with Gasteiger partial charge in [0.25, 0.3) is 0 Å². The Morgan fingerprint density at radius 2 is 1.73 bits per heavy atom. The molecule has 0 bridgehead atoms. The lowest BCUT2D eigenvalue weighted by atomic mass is 10.1. The molecule has 3 aromatic rings. The second kappa shape index (κ2) is 6.43. The predicted octanol–water partition coefficient (Wildman–Crippen LogP) is 4.23. The molecule has 0 spiro atoms. The van der Waals surface area contributed by atoms with Crippen LogP contribution in [0.15, 0.2) is 52.9 Å². The summed E-state index contributed by atoms with van der Waals surface area (Å²) >= 11 is 0. The summed E-state index contributed by atoms with van der Waals surface area (Å²) in [5.41, 5.74) is 5.18. The minimum Gasteiger partial charge on any atom is -0.455 e. The van der Waals surface area contributed by atoms with Gasteiger partial charge in [0, 0.05) is 10.9 Å². The van der Waals surface area contributed by atoms with Crippen LogP contribution in [0.25, 0.3) is 22.3 Å². The van der Waals surface area contributed by atoms with Crippen LogP contribution >= 0.6 is 0 Å². The third-order valence-electron chi connectivity index (χ3n) is 3.33. The molecule has 0 atom stereocenters. The monoisotopic (exact) mass is 365 g/mol. The average molecular weight is 365 g/mol. The molecule has 0 fully saturated rings. The van der Waals surface area contributed by atoms with E-state index >= 15 is 0 Å². The van der Waals surface area contributed by atoms with Crippen LogP contribution in [0, 0.1) is 0 Å². The van der Waals surface area contributed by atoms with Crippen LogP contribution < -0.4 is 10.5 Å². The van der Waals surface area contributed by atoms with Gasteiger partial charge >= 0.3 is 18.4 Å². The van der Waals surface area contributed by atoms with Crippen LogP contribution in [0.1, 0.15) is 10.4 Å². The third-order valence-corrected chi connectivity index (χ3v) is 3.33. The summed E-state index contributed by atoms with van der Waals surface area (Å²) < 4.78 is 51.2. The maximum Gasteiger partial charge on any atom is 0.573 e. The Hall–Kier alpha value is -3.49. The number of primary amides is 1. The quantitative estimate of drug-likeness (QED) is 0.554. The average Bonchev–Trinajstić information content (AvgIpc) is 2.92. The van der Waals surface area contributed by atoms with Crippen LogP contribution in [0.4, 0.5) is 18.0 Å². The van der Waals surface area contributed by atoms with Gasteiger partial charge < -0.3 is 19.6 Å². The molecule has 0 aliphatic heterocycles. The highest BCUT2D eigenvalue weighted by Gasteiger charge is 2.32. The largest absolute Gasteiger partial charge is 0.573 e. The number of carbonyl (C=O) groups is 2. The number of ether oxygens (including phenoxy) is 2. The molecule has 3 rings (SSSR count). The molecule has 1 aromatic heterocycles. The van der Waals surface area contributed by atoms with Crippen LogP contribution in [0.2, 0.25) is 0 Å². The number of fused-ring (bicyclic) bond motifs is 1. The molecule has 6 nitrogen and oxygen atoms in total. The van der Waals surface area contributed by atoms with Crippen molar-refractivity contribution in [2.45, 2.75) is 6.36 Å². The molecule has 0 radical (unpaired) electrons. The number of benzene rings is 2. The first-order valence-electron chi connectivity index (χ1n) is 7.14. The molecule has 0 aliphatic rings. The van der Waals surface area contributed by atoms with Crippen LogP contribution in [0.5, 0.6) is 5.75 Å². The molecule has 2 N–H and O–H groups in total. The second-order valence-corrected chi connectivity index (χ2v) is 5.09. The smallest absolute Gasteiger partial charge is 0.455 e. The molecular formula is C17H10F3NO5. The fourth-order valence-corrected chi connectivity index (χ4v) is 2.41. The molecule has 26 heavy (non-hydrogen) atoms. The van der Waals surface area contributed by atoms with E-state index in [4.69, 9.17) is 10.2 Å². The van der Waals surface area contributed by atoms with Crippen LogP contribution in [-0.4, -0.2) is 18.4 Å². The number of halogens is 3. The fourth-order valence-electron chi connectivity index (χ4n) is 2.41. The van der Waals surface area contributed by atoms with E-state index in [2.05, 4.69) is 9.47 Å². The molecule has 0 unspecified atom stereocenters. The fraction of sp³-hybridized carbons (Fsp3) is 0.0588. The van der Waals surface area contributed by atoms with Gasteiger partial charge in [-0.25, -0.2) is 9.59 Å². The predicted molar refractivity (Wildman–Crippen MR) is 83.3 cm³/mol. The summed E-state index contributed by atoms with van der Waals surface area (Å²) in [6.45, 7) is 0. The van der Waals surface area contributed by atoms with Crippen molar-refractivity contribution in [1.29, 1.82) is 0 Å². The van der Waals surface area contributed by atoms with E-state index in [1.165, 1.54) is 6.07 Å². The van der Waals surface area contributed by atoms with Gasteiger partial charge in [-0.2, -0.15) is 0 Å². The molecule has 1 amide bonds. The van der Waals surface area contributed by atoms with E-state index in [0.717, 1.165) is 12.1 Å². The van der Waals surface area contributed by atoms with Crippen molar-refractivity contribution >= 4 is 23.0 Å². The highest BCUT2D eigenvalue weighted by atomic mass is 19.4. The summed E-state index contributed by atoms with van der Waals surface area (Å²) in [7, 11) is 0. The lowest BCUT2D eigenvalue weighted by Crippen LogP contribution is -2.19. The molecule has 134 valence electrons. The molecule has 0 saturated carbocycles. The van der Waals surface area contributed by atoms with Gasteiger partial charge in [0.05, 0.1) is 0 Å². The normalized spacial score (nSPS) is 11.3. The number of nitrogens with two attached hydrogens (primary N) is 1. The van der Waals surface area contributed by atoms with Gasteiger partial charge in [-0.1, -0.05) is 30.3 Å². The Morgan fingerprint density at radius 1 is 1.04 bits per heavy atom. The standard InChI is InChI=1S/C17H10F3NO5/c18-17(19,20)26-10-6-7-12-11(8-10)13(15(22)25-16(21)23)14(24-12)9-4-2-1-3-5-9/h1-8H,(H2,21,23). The van der Waals surface area contributed by atoms with Crippen molar-refractivity contribution in [3.63, 3.8) is 0 Å². The first-order valence-corrected chi connectivity index (χ1v) is 7.14. The molecule has 2 aromatic carbocycles. The lowest BCUT2D eigenvalue weighted by molar-refractivity contribution is -0.274. The van der Waals surface area contributed by atoms with E-state index < -0.39 is 24.2 Å². The Balaban J connectivity index is 2.20. The van der Waals surface area contributed by atoms with Gasteiger partial charge in [0.15, 0.2) is 0 Å². The van der Waals surface area contributed by atoms with Gasteiger partial charge in [-0.15, -0.1) is 13.2 Å². The molecule has 0 aliphatic carbocycles. The van der Waals surface area contributed by atoms with Crippen molar-refractivity contribution in [2.24, 2.45) is 5.73 Å². The second-order valence-electron chi connectivity index (χ2n) is 5.09. The van der Waals surface area contributed by atoms with E-state index in [0.29, 0.717) is 5.56 Å². The zero-order chi connectivity index (χ0) is 18.9. The van der Waals surface area contributed by atoms with E-state index in [1.54, 1.807) is 30.3 Å². The zero-order valence-electron chi connectivity index (χ0n) is 12.9. The first kappa shape index (κ1) is 17.3. The Kier molecular flexibility index (Phi) is 4.29. The zero-order valence-corrected chi connectivity index (χ0v) is 12.9. The molecule has 9 heteroatoms. The van der Waals surface area contributed by atoms with Crippen molar-refractivity contribution in [3.8, 4) is 17.1 Å². The highest BCUT2D eigenvalue weighted by Crippen LogP contribution is 2.37. The molecular weight excluding hydrogens is 355 g/mol. The Labute approximate surface area is 143 Å². The van der Waals surface area contributed by atoms with Crippen LogP contribution in [0.3, 0.4) is 0 Å². The number of hydrogen-bond acceptors (Lipinski definition) is 5. The minimum atomic E-state index is -4.91. The van der Waals surface area contributed by atoms with Gasteiger partial charge in [-0.3, -0.25) is 0 Å². The summed E-state index contributed by atoms with van der Waals surface area (Å²) in [6.07, 6.45) is -6.26. The summed E-state index contributed by atoms with van der Waals surface area (Å²) in [5, 5.41) is -0.0168. The number of alkyl halides is 3. The number of hydrogen-bond donors (Lipinski definition) is 1. The van der Waals surface area contributed by atoms with E-state index in [-0.39, 0.29) is 22.3 Å². The van der Waals surface area contributed by atoms with Gasteiger partial charge in [0.1, 0.15) is 22.7 Å².